The van der Waals surface area contributed by atoms with E-state index in [1.807, 2.05) is 32.0 Å². The van der Waals surface area contributed by atoms with Crippen LogP contribution in [0.5, 0.6) is 0 Å². The molecule has 0 saturated carbocycles. The fraction of sp³-hybridized carbons (Fsp3) is 0.250. The molecule has 0 amide bonds. The van der Waals surface area contributed by atoms with E-state index in [-0.39, 0.29) is 11.9 Å². The highest BCUT2D eigenvalue weighted by Gasteiger charge is 2.13. The Labute approximate surface area is 99.8 Å². The summed E-state index contributed by atoms with van der Waals surface area (Å²) in [6.07, 6.45) is 3.44. The van der Waals surface area contributed by atoms with Gasteiger partial charge in [-0.25, -0.2) is 0 Å². The van der Waals surface area contributed by atoms with Gasteiger partial charge in [0.15, 0.2) is 0 Å². The molecule has 0 spiro atoms. The van der Waals surface area contributed by atoms with E-state index in [0.29, 0.717) is 5.69 Å². The zero-order chi connectivity index (χ0) is 12.4. The second kappa shape index (κ2) is 4.37. The minimum absolute atomic E-state index is 0.0338. The van der Waals surface area contributed by atoms with Gasteiger partial charge in [-0.1, -0.05) is 0 Å². The van der Waals surface area contributed by atoms with Crippen LogP contribution in [0.1, 0.15) is 25.6 Å². The van der Waals surface area contributed by atoms with Gasteiger partial charge in [0.05, 0.1) is 5.69 Å². The molecule has 5 heteroatoms. The number of amidine groups is 1. The normalized spacial score (nSPS) is 10.8. The Morgan fingerprint density at radius 3 is 2.47 bits per heavy atom. The molecule has 0 bridgehead atoms. The first kappa shape index (κ1) is 11.3. The van der Waals surface area contributed by atoms with E-state index in [0.717, 1.165) is 11.3 Å². The largest absolute Gasteiger partial charge is 0.382 e. The molecule has 2 aromatic rings. The Hall–Kier alpha value is -2.17. The van der Waals surface area contributed by atoms with Crippen LogP contribution in [0.25, 0.3) is 11.3 Å². The van der Waals surface area contributed by atoms with Crippen molar-refractivity contribution < 1.29 is 0 Å². The summed E-state index contributed by atoms with van der Waals surface area (Å²) in [5.74, 6) is 0.0338. The van der Waals surface area contributed by atoms with Crippen molar-refractivity contribution in [2.45, 2.75) is 19.9 Å². The summed E-state index contributed by atoms with van der Waals surface area (Å²) in [5, 5.41) is 12.0. The summed E-state index contributed by atoms with van der Waals surface area (Å²) < 4.78 is 1.76. The van der Waals surface area contributed by atoms with E-state index >= 15 is 0 Å². The molecule has 5 nitrogen and oxygen atoms in total. The lowest BCUT2D eigenvalue weighted by molar-refractivity contribution is 0.529. The maximum Gasteiger partial charge on any atom is 0.141 e. The smallest absolute Gasteiger partial charge is 0.141 e. The summed E-state index contributed by atoms with van der Waals surface area (Å²) >= 11 is 0. The summed E-state index contributed by atoms with van der Waals surface area (Å²) in [6, 6.07) is 5.77. The van der Waals surface area contributed by atoms with Gasteiger partial charge in [-0.15, -0.1) is 0 Å². The van der Waals surface area contributed by atoms with Crippen LogP contribution in [-0.4, -0.2) is 20.6 Å². The molecule has 3 N–H and O–H groups in total. The first-order valence-corrected chi connectivity index (χ1v) is 5.44. The number of nitrogens with one attached hydrogen (secondary N) is 1. The van der Waals surface area contributed by atoms with Crippen molar-refractivity contribution >= 4 is 5.84 Å². The van der Waals surface area contributed by atoms with Gasteiger partial charge >= 0.3 is 0 Å². The minimum atomic E-state index is 0.0338. The first-order valence-electron chi connectivity index (χ1n) is 5.44. The molecule has 2 rings (SSSR count). The number of nitrogen functional groups attached to an aromatic ring is 1. The van der Waals surface area contributed by atoms with Crippen molar-refractivity contribution in [1.82, 2.24) is 14.8 Å². The molecule has 0 fully saturated rings. The zero-order valence-electron chi connectivity index (χ0n) is 9.88. The van der Waals surface area contributed by atoms with Gasteiger partial charge < -0.3 is 5.73 Å². The summed E-state index contributed by atoms with van der Waals surface area (Å²) in [4.78, 5) is 3.97. The quantitative estimate of drug-likeness (QED) is 0.622. The molecule has 0 aliphatic rings. The number of aromatic nitrogens is 3. The van der Waals surface area contributed by atoms with Gasteiger partial charge in [0.2, 0.25) is 0 Å². The van der Waals surface area contributed by atoms with Gasteiger partial charge in [-0.2, -0.15) is 5.10 Å². The maximum atomic E-state index is 7.55. The van der Waals surface area contributed by atoms with Gasteiger partial charge in [0.25, 0.3) is 0 Å². The summed E-state index contributed by atoms with van der Waals surface area (Å²) in [5.41, 5.74) is 7.98. The van der Waals surface area contributed by atoms with E-state index in [9.17, 15) is 0 Å². The lowest BCUT2D eigenvalue weighted by Crippen LogP contribution is -2.18. The molecule has 2 aromatic heterocycles. The van der Waals surface area contributed by atoms with Crippen molar-refractivity contribution in [1.29, 1.82) is 5.41 Å². The third kappa shape index (κ3) is 2.18. The Bertz CT molecular complexity index is 527. The van der Waals surface area contributed by atoms with Crippen LogP contribution >= 0.6 is 0 Å². The average Bonchev–Trinajstić information content (AvgIpc) is 2.75. The summed E-state index contributed by atoms with van der Waals surface area (Å²) in [6.45, 7) is 4.02. The lowest BCUT2D eigenvalue weighted by Gasteiger charge is -2.08. The van der Waals surface area contributed by atoms with Crippen LogP contribution in [-0.2, 0) is 0 Å². The van der Waals surface area contributed by atoms with Crippen molar-refractivity contribution in [3.05, 3.63) is 36.3 Å². The van der Waals surface area contributed by atoms with Crippen LogP contribution in [0.4, 0.5) is 0 Å². The topological polar surface area (TPSA) is 80.6 Å². The fourth-order valence-corrected chi connectivity index (χ4v) is 1.65. The molecule has 0 saturated heterocycles. The molecule has 0 aliphatic heterocycles. The highest BCUT2D eigenvalue weighted by molar-refractivity contribution is 5.94. The second-order valence-corrected chi connectivity index (χ2v) is 4.10. The van der Waals surface area contributed by atoms with E-state index < -0.39 is 0 Å². The molecule has 0 aliphatic carbocycles. The Morgan fingerprint density at radius 1 is 1.35 bits per heavy atom. The minimum Gasteiger partial charge on any atom is -0.382 e. The van der Waals surface area contributed by atoms with Gasteiger partial charge in [-0.05, 0) is 32.0 Å². The molecular formula is C12H15N5. The third-order valence-corrected chi connectivity index (χ3v) is 2.48. The molecular weight excluding hydrogens is 214 g/mol. The van der Waals surface area contributed by atoms with Crippen LogP contribution < -0.4 is 5.73 Å². The fourth-order valence-electron chi connectivity index (χ4n) is 1.65. The lowest BCUT2D eigenvalue weighted by atomic mass is 10.2. The predicted octanol–water partition coefficient (Wildman–Crippen LogP) is 1.81. The average molecular weight is 229 g/mol. The van der Waals surface area contributed by atoms with Crippen LogP contribution in [0, 0.1) is 5.41 Å². The molecule has 0 unspecified atom stereocenters. The first-order chi connectivity index (χ1) is 8.09. The predicted molar refractivity (Wildman–Crippen MR) is 66.9 cm³/mol. The van der Waals surface area contributed by atoms with Crippen LogP contribution in [0.2, 0.25) is 0 Å². The third-order valence-electron chi connectivity index (χ3n) is 2.48. The second-order valence-electron chi connectivity index (χ2n) is 4.10. The SMILES string of the molecule is CC(C)n1nc(-c2ccncc2)cc1C(=N)N. The number of hydrogen-bond donors (Lipinski definition) is 2. The van der Waals surface area contributed by atoms with Crippen molar-refractivity contribution in [2.75, 3.05) is 0 Å². The van der Waals surface area contributed by atoms with E-state index in [2.05, 4.69) is 10.1 Å². The molecule has 2 heterocycles. The molecule has 88 valence electrons. The number of pyridine rings is 1. The zero-order valence-corrected chi connectivity index (χ0v) is 9.88. The van der Waals surface area contributed by atoms with Gasteiger partial charge in [0.1, 0.15) is 11.5 Å². The van der Waals surface area contributed by atoms with Crippen molar-refractivity contribution in [2.24, 2.45) is 5.73 Å². The highest BCUT2D eigenvalue weighted by atomic mass is 15.3. The van der Waals surface area contributed by atoms with E-state index in [1.165, 1.54) is 0 Å². The number of rotatable bonds is 3. The standard InChI is InChI=1S/C12H15N5/c1-8(2)17-11(12(13)14)7-10(16-17)9-3-5-15-6-4-9/h3-8H,1-2H3,(H3,13,14). The van der Waals surface area contributed by atoms with Crippen LogP contribution in [0.15, 0.2) is 30.6 Å². The monoisotopic (exact) mass is 229 g/mol. The maximum absolute atomic E-state index is 7.55. The van der Waals surface area contributed by atoms with Gasteiger partial charge in [-0.3, -0.25) is 15.1 Å². The van der Waals surface area contributed by atoms with Crippen molar-refractivity contribution in [3.63, 3.8) is 0 Å². The Balaban J connectivity index is 2.51. The van der Waals surface area contributed by atoms with Crippen molar-refractivity contribution in [3.8, 4) is 11.3 Å². The van der Waals surface area contributed by atoms with Gasteiger partial charge in [0, 0.05) is 24.0 Å². The van der Waals surface area contributed by atoms with E-state index in [1.54, 1.807) is 17.1 Å². The number of nitrogens with two attached hydrogens (primary N) is 1. The van der Waals surface area contributed by atoms with Crippen LogP contribution in [0.3, 0.4) is 0 Å². The highest BCUT2D eigenvalue weighted by Crippen LogP contribution is 2.20. The number of nitrogens with zero attached hydrogens (tertiary/aromatic N) is 3. The molecule has 0 aromatic carbocycles. The molecule has 0 atom stereocenters. The Morgan fingerprint density at radius 2 is 2.00 bits per heavy atom. The molecule has 17 heavy (non-hydrogen) atoms. The number of hydrogen-bond acceptors (Lipinski definition) is 3. The Kier molecular flexibility index (Phi) is 2.91. The summed E-state index contributed by atoms with van der Waals surface area (Å²) in [7, 11) is 0. The van der Waals surface area contributed by atoms with E-state index in [4.69, 9.17) is 11.1 Å². The molecule has 0 radical (unpaired) electrons.